The normalized spacial score (nSPS) is 16.5. The SMILES string of the molecule is CN(C)Cc1cc(CNC2CC2)no1. The van der Waals surface area contributed by atoms with Crippen molar-refractivity contribution >= 4 is 0 Å². The Kier molecular flexibility index (Phi) is 2.84. The van der Waals surface area contributed by atoms with Crippen molar-refractivity contribution in [3.8, 4) is 0 Å². The third-order valence-electron chi connectivity index (χ3n) is 2.23. The average molecular weight is 195 g/mol. The number of rotatable bonds is 5. The summed E-state index contributed by atoms with van der Waals surface area (Å²) in [4.78, 5) is 2.07. The lowest BCUT2D eigenvalue weighted by molar-refractivity contribution is 0.307. The Morgan fingerprint density at radius 1 is 1.57 bits per heavy atom. The van der Waals surface area contributed by atoms with Crippen molar-refractivity contribution in [1.29, 1.82) is 0 Å². The molecule has 4 nitrogen and oxygen atoms in total. The van der Waals surface area contributed by atoms with Gasteiger partial charge in [0.1, 0.15) is 0 Å². The van der Waals surface area contributed by atoms with Crippen molar-refractivity contribution in [3.05, 3.63) is 17.5 Å². The molecule has 78 valence electrons. The highest BCUT2D eigenvalue weighted by Crippen LogP contribution is 2.19. The van der Waals surface area contributed by atoms with E-state index in [9.17, 15) is 0 Å². The van der Waals surface area contributed by atoms with Crippen molar-refractivity contribution < 1.29 is 4.52 Å². The summed E-state index contributed by atoms with van der Waals surface area (Å²) >= 11 is 0. The van der Waals surface area contributed by atoms with E-state index in [-0.39, 0.29) is 0 Å². The lowest BCUT2D eigenvalue weighted by Gasteiger charge is -2.03. The van der Waals surface area contributed by atoms with Crippen LogP contribution in [-0.4, -0.2) is 30.2 Å². The zero-order chi connectivity index (χ0) is 9.97. The third-order valence-corrected chi connectivity index (χ3v) is 2.23. The monoisotopic (exact) mass is 195 g/mol. The fourth-order valence-electron chi connectivity index (χ4n) is 1.36. The molecule has 0 spiro atoms. The van der Waals surface area contributed by atoms with Gasteiger partial charge in [0.05, 0.1) is 12.2 Å². The summed E-state index contributed by atoms with van der Waals surface area (Å²) in [6.07, 6.45) is 2.62. The van der Waals surface area contributed by atoms with Gasteiger partial charge in [-0.25, -0.2) is 0 Å². The topological polar surface area (TPSA) is 41.3 Å². The van der Waals surface area contributed by atoms with Crippen LogP contribution >= 0.6 is 0 Å². The molecule has 0 bridgehead atoms. The third kappa shape index (κ3) is 2.82. The zero-order valence-electron chi connectivity index (χ0n) is 8.79. The molecule has 14 heavy (non-hydrogen) atoms. The molecule has 0 saturated heterocycles. The molecule has 0 radical (unpaired) electrons. The highest BCUT2D eigenvalue weighted by Gasteiger charge is 2.20. The molecule has 2 rings (SSSR count). The number of aromatic nitrogens is 1. The first-order valence-corrected chi connectivity index (χ1v) is 5.06. The molecule has 1 aromatic rings. The number of nitrogens with zero attached hydrogens (tertiary/aromatic N) is 2. The largest absolute Gasteiger partial charge is 0.360 e. The second kappa shape index (κ2) is 4.11. The van der Waals surface area contributed by atoms with Gasteiger partial charge in [0.15, 0.2) is 5.76 Å². The molecule has 0 atom stereocenters. The van der Waals surface area contributed by atoms with Gasteiger partial charge >= 0.3 is 0 Å². The molecule has 0 unspecified atom stereocenters. The van der Waals surface area contributed by atoms with E-state index in [1.807, 2.05) is 20.2 Å². The van der Waals surface area contributed by atoms with Crippen LogP contribution < -0.4 is 5.32 Å². The molecule has 1 N–H and O–H groups in total. The smallest absolute Gasteiger partial charge is 0.150 e. The molecule has 1 aliphatic rings. The minimum Gasteiger partial charge on any atom is -0.360 e. The van der Waals surface area contributed by atoms with Gasteiger partial charge in [-0.3, -0.25) is 0 Å². The van der Waals surface area contributed by atoms with Gasteiger partial charge in [0.2, 0.25) is 0 Å². The summed E-state index contributed by atoms with van der Waals surface area (Å²) in [5, 5.41) is 7.41. The molecule has 1 saturated carbocycles. The van der Waals surface area contributed by atoms with E-state index in [1.165, 1.54) is 12.8 Å². The Morgan fingerprint density at radius 2 is 2.36 bits per heavy atom. The van der Waals surface area contributed by atoms with E-state index in [0.717, 1.165) is 30.6 Å². The highest BCUT2D eigenvalue weighted by atomic mass is 16.5. The van der Waals surface area contributed by atoms with Gasteiger partial charge in [-0.2, -0.15) is 0 Å². The molecule has 1 fully saturated rings. The maximum atomic E-state index is 5.20. The van der Waals surface area contributed by atoms with Crippen LogP contribution in [0, 0.1) is 0 Å². The second-order valence-corrected chi connectivity index (χ2v) is 4.18. The first-order valence-electron chi connectivity index (χ1n) is 5.06. The molecule has 0 aromatic carbocycles. The van der Waals surface area contributed by atoms with Crippen LogP contribution in [0.5, 0.6) is 0 Å². The van der Waals surface area contributed by atoms with E-state index in [2.05, 4.69) is 15.4 Å². The van der Waals surface area contributed by atoms with E-state index in [0.29, 0.717) is 0 Å². The predicted molar refractivity (Wildman–Crippen MR) is 53.8 cm³/mol. The molecule has 4 heteroatoms. The van der Waals surface area contributed by atoms with Crippen LogP contribution in [0.1, 0.15) is 24.3 Å². The second-order valence-electron chi connectivity index (χ2n) is 4.18. The highest BCUT2D eigenvalue weighted by molar-refractivity contribution is 5.05. The molecular formula is C10H17N3O. The van der Waals surface area contributed by atoms with Gasteiger partial charge in [-0.15, -0.1) is 0 Å². The molecular weight excluding hydrogens is 178 g/mol. The lowest BCUT2D eigenvalue weighted by Crippen LogP contribution is -2.15. The first kappa shape index (κ1) is 9.68. The predicted octanol–water partition coefficient (Wildman–Crippen LogP) is 0.988. The maximum absolute atomic E-state index is 5.20. The van der Waals surface area contributed by atoms with Gasteiger partial charge in [-0.1, -0.05) is 5.16 Å². The van der Waals surface area contributed by atoms with Crippen molar-refractivity contribution in [2.75, 3.05) is 14.1 Å². The molecule has 1 aliphatic carbocycles. The Hall–Kier alpha value is -0.870. The minimum absolute atomic E-state index is 0.726. The summed E-state index contributed by atoms with van der Waals surface area (Å²) in [6.45, 7) is 1.65. The number of hydrogen-bond acceptors (Lipinski definition) is 4. The van der Waals surface area contributed by atoms with Crippen LogP contribution in [0.15, 0.2) is 10.6 Å². The fraction of sp³-hybridized carbons (Fsp3) is 0.700. The summed E-state index contributed by atoms with van der Waals surface area (Å²) in [7, 11) is 4.04. The number of nitrogens with one attached hydrogen (secondary N) is 1. The molecule has 1 heterocycles. The minimum atomic E-state index is 0.726. The van der Waals surface area contributed by atoms with Crippen molar-refractivity contribution in [2.24, 2.45) is 0 Å². The zero-order valence-corrected chi connectivity index (χ0v) is 8.79. The van der Waals surface area contributed by atoms with Crippen molar-refractivity contribution in [2.45, 2.75) is 32.0 Å². The van der Waals surface area contributed by atoms with Crippen LogP contribution in [-0.2, 0) is 13.1 Å². The van der Waals surface area contributed by atoms with Gasteiger partial charge in [0.25, 0.3) is 0 Å². The van der Waals surface area contributed by atoms with E-state index in [1.54, 1.807) is 0 Å². The summed E-state index contributed by atoms with van der Waals surface area (Å²) in [5.74, 6) is 0.933. The fourth-order valence-corrected chi connectivity index (χ4v) is 1.36. The van der Waals surface area contributed by atoms with Gasteiger partial charge < -0.3 is 14.7 Å². The van der Waals surface area contributed by atoms with E-state index < -0.39 is 0 Å². The van der Waals surface area contributed by atoms with Crippen LogP contribution in [0.3, 0.4) is 0 Å². The van der Waals surface area contributed by atoms with Gasteiger partial charge in [-0.05, 0) is 26.9 Å². The quantitative estimate of drug-likeness (QED) is 0.760. The van der Waals surface area contributed by atoms with E-state index >= 15 is 0 Å². The lowest BCUT2D eigenvalue weighted by atomic mass is 10.3. The Balaban J connectivity index is 1.81. The molecule has 1 aromatic heterocycles. The standard InChI is InChI=1S/C10H17N3O/c1-13(2)7-10-5-9(12-14-10)6-11-8-3-4-8/h5,8,11H,3-4,6-7H2,1-2H3. The Morgan fingerprint density at radius 3 is 3.00 bits per heavy atom. The number of hydrogen-bond donors (Lipinski definition) is 1. The first-order chi connectivity index (χ1) is 6.74. The van der Waals surface area contributed by atoms with Crippen molar-refractivity contribution in [3.63, 3.8) is 0 Å². The van der Waals surface area contributed by atoms with Crippen LogP contribution in [0.2, 0.25) is 0 Å². The molecule has 0 aliphatic heterocycles. The summed E-state index contributed by atoms with van der Waals surface area (Å²) in [5.41, 5.74) is 1.01. The average Bonchev–Trinajstić information content (AvgIpc) is 2.84. The maximum Gasteiger partial charge on any atom is 0.150 e. The Bertz CT molecular complexity index is 291. The van der Waals surface area contributed by atoms with Crippen LogP contribution in [0.4, 0.5) is 0 Å². The van der Waals surface area contributed by atoms with Crippen molar-refractivity contribution in [1.82, 2.24) is 15.4 Å². The van der Waals surface area contributed by atoms with E-state index in [4.69, 9.17) is 4.52 Å². The summed E-state index contributed by atoms with van der Waals surface area (Å²) in [6, 6.07) is 2.75. The van der Waals surface area contributed by atoms with Gasteiger partial charge in [0, 0.05) is 18.7 Å². The summed E-state index contributed by atoms with van der Waals surface area (Å²) < 4.78 is 5.20. The molecule has 0 amide bonds. The Labute approximate surface area is 84.3 Å². The van der Waals surface area contributed by atoms with Crippen LogP contribution in [0.25, 0.3) is 0 Å².